The molecule has 4 heteroatoms. The molecule has 3 unspecified atom stereocenters. The molecule has 0 aromatic heterocycles. The second-order valence-electron chi connectivity index (χ2n) is 6.86. The molecule has 0 radical (unpaired) electrons. The van der Waals surface area contributed by atoms with E-state index in [1.165, 1.54) is 0 Å². The molecule has 1 aromatic carbocycles. The van der Waals surface area contributed by atoms with Crippen LogP contribution >= 0.6 is 15.9 Å². The third-order valence-electron chi connectivity index (χ3n) is 5.26. The van der Waals surface area contributed by atoms with Crippen LogP contribution in [-0.4, -0.2) is 11.9 Å². The average molecular weight is 353 g/mol. The Balaban J connectivity index is 2.14. The number of amides is 1. The lowest BCUT2D eigenvalue weighted by Crippen LogP contribution is -2.50. The van der Waals surface area contributed by atoms with E-state index in [-0.39, 0.29) is 23.3 Å². The molecular formula is C17H25BrN2O. The van der Waals surface area contributed by atoms with Crippen LogP contribution in [0.5, 0.6) is 0 Å². The number of carbonyl (C=O) groups is 1. The lowest BCUT2D eigenvalue weighted by molar-refractivity contribution is -0.127. The highest BCUT2D eigenvalue weighted by atomic mass is 79.9. The van der Waals surface area contributed by atoms with E-state index in [0.717, 1.165) is 28.6 Å². The van der Waals surface area contributed by atoms with Gasteiger partial charge in [-0.2, -0.15) is 0 Å². The summed E-state index contributed by atoms with van der Waals surface area (Å²) in [6.07, 6.45) is 1.78. The molecule has 0 bridgehead atoms. The number of carbonyl (C=O) groups excluding carboxylic acids is 1. The number of benzene rings is 1. The van der Waals surface area contributed by atoms with Gasteiger partial charge in [-0.15, -0.1) is 0 Å². The Morgan fingerprint density at radius 2 is 2.05 bits per heavy atom. The lowest BCUT2D eigenvalue weighted by atomic mass is 9.61. The molecule has 0 heterocycles. The van der Waals surface area contributed by atoms with E-state index in [1.807, 2.05) is 25.1 Å². The highest BCUT2D eigenvalue weighted by Crippen LogP contribution is 2.44. The van der Waals surface area contributed by atoms with Crippen molar-refractivity contribution in [2.45, 2.75) is 46.6 Å². The van der Waals surface area contributed by atoms with Gasteiger partial charge in [0.2, 0.25) is 5.91 Å². The monoisotopic (exact) mass is 352 g/mol. The minimum atomic E-state index is -0.0797. The van der Waals surface area contributed by atoms with Gasteiger partial charge in [-0.05, 0) is 48.8 Å². The molecule has 1 aromatic rings. The molecule has 21 heavy (non-hydrogen) atoms. The summed E-state index contributed by atoms with van der Waals surface area (Å²) in [4.78, 5) is 12.7. The largest absolute Gasteiger partial charge is 0.327 e. The molecule has 0 saturated heterocycles. The van der Waals surface area contributed by atoms with Crippen LogP contribution in [0.25, 0.3) is 0 Å². The Labute approximate surface area is 135 Å². The Morgan fingerprint density at radius 3 is 2.67 bits per heavy atom. The molecule has 0 spiro atoms. The van der Waals surface area contributed by atoms with Crippen LogP contribution in [0.1, 0.15) is 39.2 Å². The smallest absolute Gasteiger partial charge is 0.228 e. The van der Waals surface area contributed by atoms with Crippen LogP contribution in [0, 0.1) is 24.2 Å². The number of rotatable bonds is 2. The van der Waals surface area contributed by atoms with Crippen molar-refractivity contribution in [1.29, 1.82) is 0 Å². The molecule has 1 amide bonds. The zero-order valence-corrected chi connectivity index (χ0v) is 14.8. The minimum absolute atomic E-state index is 0.00683. The third kappa shape index (κ3) is 3.32. The maximum absolute atomic E-state index is 12.7. The predicted octanol–water partition coefficient (Wildman–Crippen LogP) is 4.10. The summed E-state index contributed by atoms with van der Waals surface area (Å²) in [6.45, 7) is 8.51. The number of halogens is 1. The molecule has 3 N–H and O–H groups in total. The summed E-state index contributed by atoms with van der Waals surface area (Å²) in [6, 6.07) is 6.10. The highest BCUT2D eigenvalue weighted by Gasteiger charge is 2.44. The first-order chi connectivity index (χ1) is 9.73. The number of hydrogen-bond acceptors (Lipinski definition) is 2. The molecule has 3 atom stereocenters. The van der Waals surface area contributed by atoms with Crippen molar-refractivity contribution in [3.05, 3.63) is 28.2 Å². The van der Waals surface area contributed by atoms with Gasteiger partial charge in [-0.3, -0.25) is 4.79 Å². The summed E-state index contributed by atoms with van der Waals surface area (Å²) in [5, 5.41) is 3.06. The van der Waals surface area contributed by atoms with Crippen LogP contribution in [-0.2, 0) is 4.79 Å². The fourth-order valence-electron chi connectivity index (χ4n) is 3.22. The number of nitrogens with two attached hydrogens (primary N) is 1. The molecule has 1 saturated carbocycles. The number of anilines is 1. The maximum Gasteiger partial charge on any atom is 0.228 e. The van der Waals surface area contributed by atoms with E-state index in [2.05, 4.69) is 42.0 Å². The van der Waals surface area contributed by atoms with E-state index in [9.17, 15) is 4.79 Å². The van der Waals surface area contributed by atoms with Gasteiger partial charge in [-0.1, -0.05) is 42.8 Å². The molecule has 3 nitrogen and oxygen atoms in total. The van der Waals surface area contributed by atoms with Crippen LogP contribution in [0.3, 0.4) is 0 Å². The van der Waals surface area contributed by atoms with Gasteiger partial charge in [0, 0.05) is 22.1 Å². The van der Waals surface area contributed by atoms with Gasteiger partial charge in [0.25, 0.3) is 0 Å². The SMILES string of the molecule is Cc1ccc(NC(=O)C2CCC(N)C(C)C2(C)C)cc1Br. The zero-order chi connectivity index (χ0) is 15.8. The van der Waals surface area contributed by atoms with E-state index < -0.39 is 0 Å². The fourth-order valence-corrected chi connectivity index (χ4v) is 3.60. The predicted molar refractivity (Wildman–Crippen MR) is 91.2 cm³/mol. The van der Waals surface area contributed by atoms with Crippen LogP contribution < -0.4 is 11.1 Å². The number of aryl methyl sites for hydroxylation is 1. The molecule has 1 aliphatic carbocycles. The summed E-state index contributed by atoms with van der Waals surface area (Å²) >= 11 is 3.50. The Bertz CT molecular complexity index is 542. The van der Waals surface area contributed by atoms with E-state index in [0.29, 0.717) is 5.92 Å². The summed E-state index contributed by atoms with van der Waals surface area (Å²) < 4.78 is 1.01. The molecule has 1 fully saturated rings. The molecule has 1 aliphatic rings. The van der Waals surface area contributed by atoms with E-state index >= 15 is 0 Å². The zero-order valence-electron chi connectivity index (χ0n) is 13.2. The quantitative estimate of drug-likeness (QED) is 0.841. The van der Waals surface area contributed by atoms with Crippen LogP contribution in [0.2, 0.25) is 0 Å². The topological polar surface area (TPSA) is 55.1 Å². The average Bonchev–Trinajstić information content (AvgIpc) is 2.40. The maximum atomic E-state index is 12.7. The van der Waals surface area contributed by atoms with Crippen molar-refractivity contribution in [1.82, 2.24) is 0 Å². The molecular weight excluding hydrogens is 328 g/mol. The summed E-state index contributed by atoms with van der Waals surface area (Å²) in [7, 11) is 0. The first kappa shape index (κ1) is 16.5. The third-order valence-corrected chi connectivity index (χ3v) is 6.11. The van der Waals surface area contributed by atoms with E-state index in [1.54, 1.807) is 0 Å². The van der Waals surface area contributed by atoms with Gasteiger partial charge >= 0.3 is 0 Å². The van der Waals surface area contributed by atoms with E-state index in [4.69, 9.17) is 5.73 Å². The Hall–Kier alpha value is -0.870. The molecule has 116 valence electrons. The van der Waals surface area contributed by atoms with Crippen molar-refractivity contribution >= 4 is 27.5 Å². The first-order valence-electron chi connectivity index (χ1n) is 7.56. The van der Waals surface area contributed by atoms with Gasteiger partial charge in [0.15, 0.2) is 0 Å². The van der Waals surface area contributed by atoms with Crippen LogP contribution in [0.15, 0.2) is 22.7 Å². The van der Waals surface area contributed by atoms with Gasteiger partial charge in [0.05, 0.1) is 0 Å². The van der Waals surface area contributed by atoms with Crippen LogP contribution in [0.4, 0.5) is 5.69 Å². The Morgan fingerprint density at radius 1 is 1.38 bits per heavy atom. The van der Waals surface area contributed by atoms with Crippen molar-refractivity contribution < 1.29 is 4.79 Å². The standard InChI is InChI=1S/C17H25BrN2O/c1-10-5-6-12(9-14(10)18)20-16(21)13-7-8-15(19)11(2)17(13,3)4/h5-6,9,11,13,15H,7-8,19H2,1-4H3,(H,20,21). The molecule has 2 rings (SSSR count). The fraction of sp³-hybridized carbons (Fsp3) is 0.588. The molecule has 0 aliphatic heterocycles. The summed E-state index contributed by atoms with van der Waals surface area (Å²) in [5.74, 6) is 0.452. The number of hydrogen-bond donors (Lipinski definition) is 2. The normalized spacial score (nSPS) is 28.2. The Kier molecular flexibility index (Phi) is 4.79. The summed E-state index contributed by atoms with van der Waals surface area (Å²) in [5.41, 5.74) is 8.09. The van der Waals surface area contributed by atoms with Gasteiger partial charge < -0.3 is 11.1 Å². The second-order valence-corrected chi connectivity index (χ2v) is 7.71. The second kappa shape index (κ2) is 6.09. The first-order valence-corrected chi connectivity index (χ1v) is 8.35. The highest BCUT2D eigenvalue weighted by molar-refractivity contribution is 9.10. The minimum Gasteiger partial charge on any atom is -0.327 e. The number of nitrogens with one attached hydrogen (secondary N) is 1. The van der Waals surface area contributed by atoms with Crippen molar-refractivity contribution in [3.8, 4) is 0 Å². The van der Waals surface area contributed by atoms with Crippen molar-refractivity contribution in [3.63, 3.8) is 0 Å². The van der Waals surface area contributed by atoms with Crippen molar-refractivity contribution in [2.75, 3.05) is 5.32 Å². The van der Waals surface area contributed by atoms with Gasteiger partial charge in [0.1, 0.15) is 0 Å². The van der Waals surface area contributed by atoms with Crippen molar-refractivity contribution in [2.24, 2.45) is 23.0 Å². The van der Waals surface area contributed by atoms with Gasteiger partial charge in [-0.25, -0.2) is 0 Å². The lowest BCUT2D eigenvalue weighted by Gasteiger charge is -2.46.